The number of phosphoric ester groups is 1. The largest absolute Gasteiger partial charge is 0.646 e. The van der Waals surface area contributed by atoms with Gasteiger partial charge in [0.05, 0.1) is 23.0 Å². The second-order valence-corrected chi connectivity index (χ2v) is 11.3. The topological polar surface area (TPSA) is 155 Å². The number of hydrogen-bond donors (Lipinski definition) is 1. The van der Waals surface area contributed by atoms with E-state index in [1.165, 1.54) is 36.1 Å². The van der Waals surface area contributed by atoms with E-state index in [1.54, 1.807) is 67.6 Å². The Balaban J connectivity index is 1.48. The van der Waals surface area contributed by atoms with Gasteiger partial charge in [0.2, 0.25) is 5.91 Å². The maximum atomic E-state index is 14.2. The van der Waals surface area contributed by atoms with Gasteiger partial charge in [-0.2, -0.15) is 4.57 Å². The SMILES string of the molecule is CC(O)C1C(=O)N2C(C(=O)OCc3ccc([N+](=O)[O-])cc3)=C(OP(=O)(Oc3ccccc3)Oc3ccccc3)C(C)C12. The molecule has 3 aromatic carbocycles. The Kier molecular flexibility index (Phi) is 8.02. The molecule has 5 rings (SSSR count). The van der Waals surface area contributed by atoms with E-state index in [2.05, 4.69) is 0 Å². The number of phosphoric acid groups is 1. The minimum atomic E-state index is -4.54. The summed E-state index contributed by atoms with van der Waals surface area (Å²) in [4.78, 5) is 38.1. The molecule has 13 heteroatoms. The highest BCUT2D eigenvalue weighted by molar-refractivity contribution is 7.49. The molecule has 0 radical (unpaired) electrons. The lowest BCUT2D eigenvalue weighted by atomic mass is 9.79. The van der Waals surface area contributed by atoms with Crippen molar-refractivity contribution in [1.82, 2.24) is 4.90 Å². The van der Waals surface area contributed by atoms with Gasteiger partial charge in [-0.25, -0.2) is 4.79 Å². The fourth-order valence-electron chi connectivity index (χ4n) is 4.96. The monoisotopic (exact) mass is 594 g/mol. The number of benzene rings is 3. The van der Waals surface area contributed by atoms with E-state index in [0.29, 0.717) is 5.56 Å². The number of nitro groups is 1. The summed E-state index contributed by atoms with van der Waals surface area (Å²) < 4.78 is 37.0. The molecule has 2 aliphatic rings. The Morgan fingerprint density at radius 2 is 1.52 bits per heavy atom. The van der Waals surface area contributed by atoms with Gasteiger partial charge in [-0.1, -0.05) is 43.3 Å². The van der Waals surface area contributed by atoms with Gasteiger partial charge >= 0.3 is 13.8 Å². The maximum Gasteiger partial charge on any atom is 0.646 e. The number of carbonyl (C=O) groups is 2. The number of aliphatic hydroxyl groups is 1. The van der Waals surface area contributed by atoms with Crippen LogP contribution in [0.4, 0.5) is 5.69 Å². The van der Waals surface area contributed by atoms with Crippen molar-refractivity contribution in [3.8, 4) is 11.5 Å². The van der Waals surface area contributed by atoms with Gasteiger partial charge in [0.15, 0.2) is 5.70 Å². The minimum Gasteiger partial charge on any atom is -0.456 e. The number of amides is 1. The molecule has 4 atom stereocenters. The Morgan fingerprint density at radius 1 is 0.976 bits per heavy atom. The predicted molar refractivity (Wildman–Crippen MR) is 148 cm³/mol. The lowest BCUT2D eigenvalue weighted by Gasteiger charge is -2.46. The van der Waals surface area contributed by atoms with E-state index in [1.807, 2.05) is 0 Å². The average Bonchev–Trinajstić information content (AvgIpc) is 3.20. The van der Waals surface area contributed by atoms with Crippen LogP contribution in [0.25, 0.3) is 0 Å². The van der Waals surface area contributed by atoms with Crippen molar-refractivity contribution in [3.63, 3.8) is 0 Å². The fourth-order valence-corrected chi connectivity index (χ4v) is 6.33. The lowest BCUT2D eigenvalue weighted by Crippen LogP contribution is -2.63. The number of fused-ring (bicyclic) bond motifs is 1. The van der Waals surface area contributed by atoms with E-state index in [-0.39, 0.29) is 35.2 Å². The molecular weight excluding hydrogens is 567 g/mol. The summed E-state index contributed by atoms with van der Waals surface area (Å²) in [7, 11) is -4.54. The van der Waals surface area contributed by atoms with Crippen LogP contribution in [-0.2, 0) is 30.0 Å². The van der Waals surface area contributed by atoms with Crippen LogP contribution in [0, 0.1) is 22.0 Å². The number of non-ortho nitro benzene ring substituents is 1. The first-order valence-electron chi connectivity index (χ1n) is 13.0. The van der Waals surface area contributed by atoms with E-state index in [0.717, 1.165) is 0 Å². The first kappa shape index (κ1) is 28.8. The molecule has 0 spiro atoms. The second kappa shape index (κ2) is 11.7. The Bertz CT molecular complexity index is 1510. The van der Waals surface area contributed by atoms with Gasteiger partial charge in [0.25, 0.3) is 5.69 Å². The summed E-state index contributed by atoms with van der Waals surface area (Å²) in [5.74, 6) is -2.82. The number of ether oxygens (including phenoxy) is 1. The third kappa shape index (κ3) is 5.72. The van der Waals surface area contributed by atoms with Gasteiger partial charge in [-0.15, -0.1) is 0 Å². The van der Waals surface area contributed by atoms with Crippen LogP contribution in [0.3, 0.4) is 0 Å². The van der Waals surface area contributed by atoms with Gasteiger partial charge in [0.1, 0.15) is 23.9 Å². The van der Waals surface area contributed by atoms with E-state index in [4.69, 9.17) is 18.3 Å². The minimum absolute atomic E-state index is 0.126. The highest BCUT2D eigenvalue weighted by Gasteiger charge is 2.62. The van der Waals surface area contributed by atoms with Gasteiger partial charge in [0, 0.05) is 18.1 Å². The molecule has 12 nitrogen and oxygen atoms in total. The lowest BCUT2D eigenvalue weighted by molar-refractivity contribution is -0.384. The molecule has 0 aliphatic carbocycles. The van der Waals surface area contributed by atoms with Crippen molar-refractivity contribution >= 4 is 25.4 Å². The number of para-hydroxylation sites is 2. The van der Waals surface area contributed by atoms with E-state index in [9.17, 15) is 29.4 Å². The highest BCUT2D eigenvalue weighted by Crippen LogP contribution is 2.57. The first-order valence-corrected chi connectivity index (χ1v) is 14.5. The van der Waals surface area contributed by atoms with Crippen molar-refractivity contribution in [2.45, 2.75) is 32.6 Å². The molecule has 218 valence electrons. The first-order chi connectivity index (χ1) is 20.1. The number of carbonyl (C=O) groups excluding carboxylic acids is 2. The Morgan fingerprint density at radius 3 is 2.02 bits per heavy atom. The van der Waals surface area contributed by atoms with Crippen molar-refractivity contribution in [1.29, 1.82) is 0 Å². The third-order valence-electron chi connectivity index (χ3n) is 6.95. The molecule has 1 saturated heterocycles. The fraction of sp³-hybridized carbons (Fsp3) is 0.241. The zero-order chi connectivity index (χ0) is 30.0. The molecule has 1 N–H and O–H groups in total. The van der Waals surface area contributed by atoms with Crippen LogP contribution in [0.2, 0.25) is 0 Å². The smallest absolute Gasteiger partial charge is 0.456 e. The molecule has 4 unspecified atom stereocenters. The number of nitro benzene ring substituents is 1. The van der Waals surface area contributed by atoms with Crippen molar-refractivity contribution in [3.05, 3.63) is 112 Å². The van der Waals surface area contributed by atoms with Gasteiger partial charge in [-0.3, -0.25) is 19.8 Å². The second-order valence-electron chi connectivity index (χ2n) is 9.81. The third-order valence-corrected chi connectivity index (χ3v) is 8.24. The summed E-state index contributed by atoms with van der Waals surface area (Å²) in [5.41, 5.74) is 0.0469. The number of aliphatic hydroxyl groups excluding tert-OH is 1. The standard InChI is InChI=1S/C29H27N2O10P/c1-18-25-24(19(2)32)28(33)30(25)26(29(34)38-17-20-13-15-21(16-14-20)31(35)36)27(18)41-42(37,39-22-9-5-3-6-10-22)40-23-11-7-4-8-12-23/h3-16,18-19,24-25,32H,17H2,1-2H3. The van der Waals surface area contributed by atoms with Crippen LogP contribution < -0.4 is 9.05 Å². The zero-order valence-corrected chi connectivity index (χ0v) is 23.5. The molecule has 2 aliphatic heterocycles. The highest BCUT2D eigenvalue weighted by atomic mass is 31.2. The van der Waals surface area contributed by atoms with Crippen molar-refractivity contribution < 1.29 is 42.5 Å². The summed E-state index contributed by atoms with van der Waals surface area (Å²) in [6, 6.07) is 21.1. The zero-order valence-electron chi connectivity index (χ0n) is 22.6. The maximum absolute atomic E-state index is 14.2. The number of esters is 1. The molecule has 0 bridgehead atoms. The molecule has 1 amide bonds. The summed E-state index contributed by atoms with van der Waals surface area (Å²) >= 11 is 0. The normalized spacial score (nSPS) is 20.3. The number of hydrogen-bond acceptors (Lipinski definition) is 10. The quantitative estimate of drug-likeness (QED) is 0.106. The molecule has 0 aromatic heterocycles. The van der Waals surface area contributed by atoms with Crippen LogP contribution in [0.15, 0.2) is 96.4 Å². The predicted octanol–water partition coefficient (Wildman–Crippen LogP) is 4.99. The Labute approximate surface area is 240 Å². The number of nitrogens with zero attached hydrogens (tertiary/aromatic N) is 2. The van der Waals surface area contributed by atoms with E-state index < -0.39 is 48.6 Å². The van der Waals surface area contributed by atoms with Crippen LogP contribution in [0.1, 0.15) is 19.4 Å². The summed E-state index contributed by atoms with van der Waals surface area (Å²) in [5, 5.41) is 21.2. The average molecular weight is 595 g/mol. The van der Waals surface area contributed by atoms with Gasteiger partial charge in [-0.05, 0) is 48.9 Å². The van der Waals surface area contributed by atoms with Crippen LogP contribution in [0.5, 0.6) is 11.5 Å². The molecule has 0 saturated carbocycles. The number of rotatable bonds is 11. The molecule has 3 aromatic rings. The molecule has 1 fully saturated rings. The summed E-state index contributed by atoms with van der Waals surface area (Å²) in [6.45, 7) is 2.87. The van der Waals surface area contributed by atoms with Crippen LogP contribution >= 0.6 is 7.82 Å². The molecule has 2 heterocycles. The number of β-lactam (4-membered cyclic amide) rings is 1. The van der Waals surface area contributed by atoms with Crippen molar-refractivity contribution in [2.24, 2.45) is 11.8 Å². The Hall–Kier alpha value is -4.67. The van der Waals surface area contributed by atoms with Crippen molar-refractivity contribution in [2.75, 3.05) is 0 Å². The molecular formula is C29H27N2O10P. The van der Waals surface area contributed by atoms with Gasteiger partial charge < -0.3 is 23.4 Å². The molecule has 42 heavy (non-hydrogen) atoms. The van der Waals surface area contributed by atoms with E-state index >= 15 is 0 Å². The summed E-state index contributed by atoms with van der Waals surface area (Å²) in [6.07, 6.45) is -1.02. The van der Waals surface area contributed by atoms with Crippen LogP contribution in [-0.4, -0.2) is 39.0 Å².